The maximum Gasteiger partial charge on any atom is 0.0702 e. The number of hydrogen-bond acceptors (Lipinski definition) is 3. The lowest BCUT2D eigenvalue weighted by molar-refractivity contribution is 0.725. The number of fused-ring (bicyclic) bond motifs is 1. The fourth-order valence-corrected chi connectivity index (χ4v) is 2.73. The van der Waals surface area contributed by atoms with E-state index in [2.05, 4.69) is 36.2 Å². The molecule has 90 valence electrons. The number of nitrogens with zero attached hydrogens (tertiary/aromatic N) is 1. The smallest absolute Gasteiger partial charge is 0.0702 e. The molecular formula is C14H18N2S. The highest BCUT2D eigenvalue weighted by atomic mass is 32.2. The average molecular weight is 246 g/mol. The Balaban J connectivity index is 1.99. The number of benzene rings is 1. The number of hydrogen-bond donors (Lipinski definition) is 1. The van der Waals surface area contributed by atoms with Gasteiger partial charge in [-0.15, -0.1) is 0 Å². The molecule has 1 atom stereocenters. The van der Waals surface area contributed by atoms with Crippen LogP contribution in [0, 0.1) is 0 Å². The zero-order valence-electron chi connectivity index (χ0n) is 10.1. The van der Waals surface area contributed by atoms with Gasteiger partial charge < -0.3 is 5.73 Å². The van der Waals surface area contributed by atoms with E-state index in [1.165, 1.54) is 10.9 Å². The lowest BCUT2D eigenvalue weighted by Crippen LogP contribution is -2.21. The van der Waals surface area contributed by atoms with Crippen molar-refractivity contribution in [3.05, 3.63) is 42.1 Å². The van der Waals surface area contributed by atoms with Crippen LogP contribution >= 0.6 is 11.8 Å². The largest absolute Gasteiger partial charge is 0.327 e. The second-order valence-electron chi connectivity index (χ2n) is 4.21. The Kier molecular flexibility index (Phi) is 4.40. The Hall–Kier alpha value is -1.06. The minimum absolute atomic E-state index is 0.321. The zero-order valence-corrected chi connectivity index (χ0v) is 10.9. The van der Waals surface area contributed by atoms with Crippen LogP contribution in [-0.4, -0.2) is 16.8 Å². The topological polar surface area (TPSA) is 38.9 Å². The van der Waals surface area contributed by atoms with Gasteiger partial charge in [-0.05, 0) is 30.2 Å². The maximum absolute atomic E-state index is 5.90. The molecule has 1 aromatic heterocycles. The van der Waals surface area contributed by atoms with Gasteiger partial charge in [-0.3, -0.25) is 4.98 Å². The van der Waals surface area contributed by atoms with Crippen LogP contribution < -0.4 is 5.73 Å². The van der Waals surface area contributed by atoms with Crippen LogP contribution in [0.1, 0.15) is 18.9 Å². The van der Waals surface area contributed by atoms with Crippen LogP contribution in [0.15, 0.2) is 36.5 Å². The summed E-state index contributed by atoms with van der Waals surface area (Å²) in [5.74, 6) is 2.06. The molecule has 1 aromatic carbocycles. The van der Waals surface area contributed by atoms with Crippen molar-refractivity contribution in [3.8, 4) is 0 Å². The molecule has 0 spiro atoms. The lowest BCUT2D eigenvalue weighted by Gasteiger charge is -2.08. The minimum atomic E-state index is 0.321. The molecule has 0 aliphatic rings. The summed E-state index contributed by atoms with van der Waals surface area (Å²) in [4.78, 5) is 4.32. The Labute approximate surface area is 107 Å². The molecule has 2 aromatic rings. The van der Waals surface area contributed by atoms with Gasteiger partial charge >= 0.3 is 0 Å². The summed E-state index contributed by atoms with van der Waals surface area (Å²) in [6.07, 6.45) is 2.88. The van der Waals surface area contributed by atoms with Crippen LogP contribution in [0.3, 0.4) is 0 Å². The van der Waals surface area contributed by atoms with Gasteiger partial charge in [0.05, 0.1) is 5.52 Å². The third kappa shape index (κ3) is 3.45. The standard InChI is InChI=1S/C14H18N2S/c1-2-13(15)10-17-9-11-5-6-14-12(8-11)4-3-7-16-14/h3-8,13H,2,9-10,15H2,1H3. The number of thioether (sulfide) groups is 1. The highest BCUT2D eigenvalue weighted by Gasteiger charge is 2.01. The van der Waals surface area contributed by atoms with E-state index < -0.39 is 0 Å². The molecule has 0 saturated carbocycles. The zero-order chi connectivity index (χ0) is 12.1. The van der Waals surface area contributed by atoms with E-state index in [0.717, 1.165) is 23.4 Å². The van der Waals surface area contributed by atoms with E-state index in [1.807, 2.05) is 24.0 Å². The maximum atomic E-state index is 5.90. The van der Waals surface area contributed by atoms with E-state index >= 15 is 0 Å². The Morgan fingerprint density at radius 3 is 3.06 bits per heavy atom. The quantitative estimate of drug-likeness (QED) is 0.880. The predicted octanol–water partition coefficient (Wildman–Crippen LogP) is 3.21. The van der Waals surface area contributed by atoms with Gasteiger partial charge in [0.1, 0.15) is 0 Å². The monoisotopic (exact) mass is 246 g/mol. The first-order chi connectivity index (χ1) is 8.29. The fourth-order valence-electron chi connectivity index (χ4n) is 1.66. The van der Waals surface area contributed by atoms with Crippen LogP contribution in [0.5, 0.6) is 0 Å². The summed E-state index contributed by atoms with van der Waals surface area (Å²) >= 11 is 1.90. The third-order valence-corrected chi connectivity index (χ3v) is 3.99. The van der Waals surface area contributed by atoms with Gasteiger partial charge in [-0.1, -0.05) is 19.1 Å². The van der Waals surface area contributed by atoms with Crippen molar-refractivity contribution in [2.24, 2.45) is 5.73 Å². The van der Waals surface area contributed by atoms with Crippen molar-refractivity contribution in [1.82, 2.24) is 4.98 Å². The molecule has 2 nitrogen and oxygen atoms in total. The molecule has 1 unspecified atom stereocenters. The second-order valence-corrected chi connectivity index (χ2v) is 5.24. The lowest BCUT2D eigenvalue weighted by atomic mass is 10.1. The molecule has 0 saturated heterocycles. The molecule has 0 bridgehead atoms. The van der Waals surface area contributed by atoms with E-state index in [0.29, 0.717) is 6.04 Å². The average Bonchev–Trinajstić information content (AvgIpc) is 2.38. The highest BCUT2D eigenvalue weighted by Crippen LogP contribution is 2.18. The predicted molar refractivity (Wildman–Crippen MR) is 76.2 cm³/mol. The van der Waals surface area contributed by atoms with Gasteiger partial charge in [0.2, 0.25) is 0 Å². The first-order valence-corrected chi connectivity index (χ1v) is 7.12. The van der Waals surface area contributed by atoms with Crippen molar-refractivity contribution in [3.63, 3.8) is 0 Å². The van der Waals surface area contributed by atoms with Crippen molar-refractivity contribution in [2.75, 3.05) is 5.75 Å². The van der Waals surface area contributed by atoms with E-state index in [1.54, 1.807) is 0 Å². The summed E-state index contributed by atoms with van der Waals surface area (Å²) in [5, 5.41) is 1.21. The SMILES string of the molecule is CCC(N)CSCc1ccc2ncccc2c1. The Morgan fingerprint density at radius 1 is 1.35 bits per heavy atom. The van der Waals surface area contributed by atoms with Gasteiger partial charge in [-0.2, -0.15) is 11.8 Å². The van der Waals surface area contributed by atoms with Gasteiger partial charge in [0, 0.05) is 29.1 Å². The number of pyridine rings is 1. The van der Waals surface area contributed by atoms with Crippen molar-refractivity contribution in [1.29, 1.82) is 0 Å². The summed E-state index contributed by atoms with van der Waals surface area (Å²) in [7, 11) is 0. The molecule has 17 heavy (non-hydrogen) atoms. The van der Waals surface area contributed by atoms with Crippen LogP contribution in [-0.2, 0) is 5.75 Å². The van der Waals surface area contributed by atoms with E-state index in [9.17, 15) is 0 Å². The molecule has 3 heteroatoms. The summed E-state index contributed by atoms with van der Waals surface area (Å²) in [6.45, 7) is 2.13. The molecule has 1 heterocycles. The molecule has 0 amide bonds. The molecular weight excluding hydrogens is 228 g/mol. The first-order valence-electron chi connectivity index (χ1n) is 5.96. The highest BCUT2D eigenvalue weighted by molar-refractivity contribution is 7.98. The summed E-state index contributed by atoms with van der Waals surface area (Å²) in [5.41, 5.74) is 8.30. The second kappa shape index (κ2) is 6.03. The molecule has 2 rings (SSSR count). The van der Waals surface area contributed by atoms with Crippen molar-refractivity contribution < 1.29 is 0 Å². The van der Waals surface area contributed by atoms with Gasteiger partial charge in [0.15, 0.2) is 0 Å². The molecule has 0 aliphatic carbocycles. The molecule has 0 aliphatic heterocycles. The Bertz CT molecular complexity index is 484. The Morgan fingerprint density at radius 2 is 2.24 bits per heavy atom. The normalized spacial score (nSPS) is 12.8. The number of rotatable bonds is 5. The van der Waals surface area contributed by atoms with E-state index in [-0.39, 0.29) is 0 Å². The van der Waals surface area contributed by atoms with Crippen LogP contribution in [0.4, 0.5) is 0 Å². The first kappa shape index (κ1) is 12.4. The molecule has 0 fully saturated rings. The van der Waals surface area contributed by atoms with Crippen molar-refractivity contribution in [2.45, 2.75) is 25.1 Å². The minimum Gasteiger partial charge on any atom is -0.327 e. The number of nitrogens with two attached hydrogens (primary N) is 1. The van der Waals surface area contributed by atoms with Gasteiger partial charge in [-0.25, -0.2) is 0 Å². The van der Waals surface area contributed by atoms with E-state index in [4.69, 9.17) is 5.73 Å². The molecule has 0 radical (unpaired) electrons. The van der Waals surface area contributed by atoms with Crippen LogP contribution in [0.2, 0.25) is 0 Å². The third-order valence-electron chi connectivity index (χ3n) is 2.79. The fraction of sp³-hybridized carbons (Fsp3) is 0.357. The van der Waals surface area contributed by atoms with Gasteiger partial charge in [0.25, 0.3) is 0 Å². The number of aromatic nitrogens is 1. The van der Waals surface area contributed by atoms with Crippen molar-refractivity contribution >= 4 is 22.7 Å². The summed E-state index contributed by atoms with van der Waals surface area (Å²) < 4.78 is 0. The summed E-state index contributed by atoms with van der Waals surface area (Å²) in [6, 6.07) is 10.9. The molecule has 2 N–H and O–H groups in total. The van der Waals surface area contributed by atoms with Crippen LogP contribution in [0.25, 0.3) is 10.9 Å².